The van der Waals surface area contributed by atoms with E-state index < -0.39 is 11.7 Å². The van der Waals surface area contributed by atoms with Gasteiger partial charge in [-0.15, -0.1) is 0 Å². The van der Waals surface area contributed by atoms with Gasteiger partial charge in [-0.05, 0) is 0 Å². The molecule has 5 heteroatoms. The lowest BCUT2D eigenvalue weighted by Gasteiger charge is -1.95. The first-order valence-electron chi connectivity index (χ1n) is 2.41. The van der Waals surface area contributed by atoms with E-state index in [0.29, 0.717) is 0 Å². The zero-order valence-electron chi connectivity index (χ0n) is 5.01. The molecule has 0 aromatic rings. The molecule has 0 atom stereocenters. The molecule has 3 N–H and O–H groups in total. The van der Waals surface area contributed by atoms with Crippen LogP contribution in [0.15, 0.2) is 0 Å². The predicted octanol–water partition coefficient (Wildman–Crippen LogP) is -1.11. The third-order valence-corrected chi connectivity index (χ3v) is 0.726. The van der Waals surface area contributed by atoms with Crippen molar-refractivity contribution in [3.8, 4) is 0 Å². The molecule has 9 heavy (non-hydrogen) atoms. The number of ketones is 1. The summed E-state index contributed by atoms with van der Waals surface area (Å²) < 4.78 is 0. The third-order valence-electron chi connectivity index (χ3n) is 0.726. The van der Waals surface area contributed by atoms with E-state index in [1.807, 2.05) is 0 Å². The highest BCUT2D eigenvalue weighted by Crippen LogP contribution is 1.78. The summed E-state index contributed by atoms with van der Waals surface area (Å²) in [7, 11) is 0. The van der Waals surface area contributed by atoms with Crippen LogP contribution in [0.25, 0.3) is 0 Å². The Morgan fingerprint density at radius 1 is 1.67 bits per heavy atom. The van der Waals surface area contributed by atoms with Gasteiger partial charge in [0.25, 0.3) is 0 Å². The van der Waals surface area contributed by atoms with Gasteiger partial charge in [0.15, 0.2) is 0 Å². The van der Waals surface area contributed by atoms with Crippen molar-refractivity contribution in [1.29, 1.82) is 0 Å². The van der Waals surface area contributed by atoms with E-state index in [1.54, 1.807) is 12.4 Å². The molecule has 0 saturated heterocycles. The summed E-state index contributed by atoms with van der Waals surface area (Å²) in [4.78, 5) is 24.4. The Bertz CT molecular complexity index is 123. The summed E-state index contributed by atoms with van der Waals surface area (Å²) in [6, 6.07) is 0. The SMILES string of the molecule is CCC(=O)C(=O)NON. The monoisotopic (exact) mass is 132 g/mol. The molecule has 0 saturated carbocycles. The fourth-order valence-corrected chi connectivity index (χ4v) is 0.271. The molecule has 0 bridgehead atoms. The topological polar surface area (TPSA) is 81.4 Å². The van der Waals surface area contributed by atoms with Gasteiger partial charge in [0.1, 0.15) is 0 Å². The van der Waals surface area contributed by atoms with Gasteiger partial charge in [0, 0.05) is 6.42 Å². The second kappa shape index (κ2) is 3.99. The summed E-state index contributed by atoms with van der Waals surface area (Å²) in [6.07, 6.45) is 0.148. The van der Waals surface area contributed by atoms with Gasteiger partial charge in [0.2, 0.25) is 5.78 Å². The van der Waals surface area contributed by atoms with Crippen LogP contribution >= 0.6 is 0 Å². The number of nitrogens with two attached hydrogens (primary N) is 1. The number of hydroxylamine groups is 1. The number of rotatable bonds is 3. The molecule has 1 amide bonds. The number of carbonyl (C=O) groups is 2. The maximum Gasteiger partial charge on any atom is 0.312 e. The van der Waals surface area contributed by atoms with Crippen molar-refractivity contribution in [3.63, 3.8) is 0 Å². The number of nitrogens with one attached hydrogen (secondary N) is 1. The van der Waals surface area contributed by atoms with Gasteiger partial charge in [-0.3, -0.25) is 9.59 Å². The molecule has 0 radical (unpaired) electrons. The van der Waals surface area contributed by atoms with Crippen LogP contribution < -0.4 is 11.4 Å². The summed E-state index contributed by atoms with van der Waals surface area (Å²) in [5.41, 5.74) is 1.69. The maximum absolute atomic E-state index is 10.4. The van der Waals surface area contributed by atoms with Gasteiger partial charge in [-0.25, -0.2) is 5.48 Å². The molecule has 0 fully saturated rings. The first kappa shape index (κ1) is 8.06. The third kappa shape index (κ3) is 2.78. The van der Waals surface area contributed by atoms with Crippen LogP contribution in [0.1, 0.15) is 13.3 Å². The average Bonchev–Trinajstić information content (AvgIpc) is 1.87. The molecular weight excluding hydrogens is 124 g/mol. The highest BCUT2D eigenvalue weighted by Gasteiger charge is 2.08. The first-order valence-corrected chi connectivity index (χ1v) is 2.41. The zero-order valence-corrected chi connectivity index (χ0v) is 5.01. The molecule has 0 aromatic heterocycles. The maximum atomic E-state index is 10.4. The van der Waals surface area contributed by atoms with Crippen molar-refractivity contribution in [1.82, 2.24) is 5.48 Å². The molecule has 0 aliphatic heterocycles. The van der Waals surface area contributed by atoms with Crippen LogP contribution in [0.4, 0.5) is 0 Å². The van der Waals surface area contributed by atoms with Gasteiger partial charge < -0.3 is 0 Å². The van der Waals surface area contributed by atoms with E-state index in [9.17, 15) is 9.59 Å². The zero-order chi connectivity index (χ0) is 7.28. The van der Waals surface area contributed by atoms with Crippen LogP contribution in [0.2, 0.25) is 0 Å². The molecule has 52 valence electrons. The molecule has 0 unspecified atom stereocenters. The molecule has 0 heterocycles. The summed E-state index contributed by atoms with van der Waals surface area (Å²) in [6.45, 7) is 1.57. The lowest BCUT2D eigenvalue weighted by atomic mass is 10.3. The second-order valence-electron chi connectivity index (χ2n) is 1.33. The van der Waals surface area contributed by atoms with Crippen LogP contribution in [0, 0.1) is 0 Å². The fraction of sp³-hybridized carbons (Fsp3) is 0.500. The van der Waals surface area contributed by atoms with Crippen LogP contribution in [-0.2, 0) is 14.5 Å². The van der Waals surface area contributed by atoms with E-state index in [-0.39, 0.29) is 6.42 Å². The highest BCUT2D eigenvalue weighted by atomic mass is 16.8. The Morgan fingerprint density at radius 3 is 2.56 bits per heavy atom. The highest BCUT2D eigenvalue weighted by molar-refractivity contribution is 6.35. The van der Waals surface area contributed by atoms with Crippen molar-refractivity contribution >= 4 is 11.7 Å². The Hall–Kier alpha value is -0.940. The number of hydrogen-bond acceptors (Lipinski definition) is 4. The van der Waals surface area contributed by atoms with Gasteiger partial charge in [-0.2, -0.15) is 10.8 Å². The Labute approximate surface area is 52.1 Å². The first-order chi connectivity index (χ1) is 4.22. The van der Waals surface area contributed by atoms with E-state index in [4.69, 9.17) is 0 Å². The summed E-state index contributed by atoms with van der Waals surface area (Å²) in [5, 5.41) is 0. The van der Waals surface area contributed by atoms with Crippen LogP contribution in [0.5, 0.6) is 0 Å². The molecule has 0 aromatic carbocycles. The van der Waals surface area contributed by atoms with Gasteiger partial charge >= 0.3 is 5.91 Å². The van der Waals surface area contributed by atoms with Crippen LogP contribution in [0.3, 0.4) is 0 Å². The minimum Gasteiger partial charge on any atom is -0.289 e. The summed E-state index contributed by atoms with van der Waals surface area (Å²) >= 11 is 0. The molecule has 5 nitrogen and oxygen atoms in total. The Kier molecular flexibility index (Phi) is 3.57. The fourth-order valence-electron chi connectivity index (χ4n) is 0.271. The summed E-state index contributed by atoms with van der Waals surface area (Å²) in [5.74, 6) is 3.06. The molecule has 0 aliphatic carbocycles. The number of carbonyl (C=O) groups excluding carboxylic acids is 2. The normalized spacial score (nSPS) is 8.67. The van der Waals surface area contributed by atoms with Crippen molar-refractivity contribution in [2.45, 2.75) is 13.3 Å². The quantitative estimate of drug-likeness (QED) is 0.376. The number of hydrogen-bond donors (Lipinski definition) is 2. The van der Waals surface area contributed by atoms with E-state index in [1.165, 1.54) is 0 Å². The standard InChI is InChI=1S/C4H8N2O3/c1-2-3(7)4(8)6-9-5/h2,5H2,1H3,(H,6,8). The Morgan fingerprint density at radius 2 is 2.22 bits per heavy atom. The van der Waals surface area contributed by atoms with Crippen molar-refractivity contribution in [2.24, 2.45) is 5.90 Å². The van der Waals surface area contributed by atoms with E-state index in [0.717, 1.165) is 0 Å². The lowest BCUT2D eigenvalue weighted by molar-refractivity contribution is -0.146. The second-order valence-corrected chi connectivity index (χ2v) is 1.33. The predicted molar refractivity (Wildman–Crippen MR) is 28.7 cm³/mol. The molecule has 0 spiro atoms. The average molecular weight is 132 g/mol. The Balaban J connectivity index is 3.60. The number of amides is 1. The largest absolute Gasteiger partial charge is 0.312 e. The van der Waals surface area contributed by atoms with Crippen molar-refractivity contribution < 1.29 is 14.5 Å². The van der Waals surface area contributed by atoms with Gasteiger partial charge in [-0.1, -0.05) is 6.92 Å². The van der Waals surface area contributed by atoms with Crippen molar-refractivity contribution in [3.05, 3.63) is 0 Å². The smallest absolute Gasteiger partial charge is 0.289 e. The van der Waals surface area contributed by atoms with Gasteiger partial charge in [0.05, 0.1) is 0 Å². The van der Waals surface area contributed by atoms with Crippen molar-refractivity contribution in [2.75, 3.05) is 0 Å². The molecule has 0 rings (SSSR count). The minimum absolute atomic E-state index is 0.148. The van der Waals surface area contributed by atoms with E-state index >= 15 is 0 Å². The molecule has 0 aliphatic rings. The number of Topliss-reactive ketones (excluding diaryl/α,β-unsaturated/α-hetero) is 1. The minimum atomic E-state index is -0.819. The van der Waals surface area contributed by atoms with Crippen LogP contribution in [-0.4, -0.2) is 11.7 Å². The van der Waals surface area contributed by atoms with E-state index in [2.05, 4.69) is 10.8 Å². The molecular formula is C4H8N2O3. The lowest BCUT2D eigenvalue weighted by Crippen LogP contribution is -2.32.